The van der Waals surface area contributed by atoms with E-state index in [1.165, 1.54) is 4.90 Å². The smallest absolute Gasteiger partial charge is 0.327 e. The van der Waals surface area contributed by atoms with Gasteiger partial charge in [0.15, 0.2) is 0 Å². The maximum absolute atomic E-state index is 13.5. The van der Waals surface area contributed by atoms with Crippen molar-refractivity contribution in [3.63, 3.8) is 0 Å². The lowest BCUT2D eigenvalue weighted by Gasteiger charge is -2.28. The number of hydrogen-bond acceptors (Lipinski definition) is 8. The number of halogens is 2. The minimum Gasteiger partial charge on any atom is -0.468 e. The maximum atomic E-state index is 13.5. The van der Waals surface area contributed by atoms with Crippen LogP contribution in [0.4, 0.5) is 4.79 Å². The second-order valence-electron chi connectivity index (χ2n) is 8.75. The summed E-state index contributed by atoms with van der Waals surface area (Å²) in [6, 6.07) is 1.61. The monoisotopic (exact) mass is 653 g/mol. The van der Waals surface area contributed by atoms with Crippen molar-refractivity contribution in [2.45, 2.75) is 44.2 Å². The molecule has 3 N–H and O–H groups in total. The number of ketones is 1. The molecule has 5 atom stereocenters. The third-order valence-corrected chi connectivity index (χ3v) is 9.54. The predicted octanol–water partition coefficient (Wildman–Crippen LogP) is 1.88. The number of nitrogens with one attached hydrogen (secondary N) is 3. The summed E-state index contributed by atoms with van der Waals surface area (Å²) >= 11 is 12.1. The Morgan fingerprint density at radius 2 is 1.85 bits per heavy atom. The minimum atomic E-state index is -1.28. The molecule has 0 aliphatic carbocycles. The van der Waals surface area contributed by atoms with Crippen LogP contribution in [0.5, 0.6) is 0 Å². The Hall–Kier alpha value is -1.93. The standard InChI is InChI=1S/C23H32Cl2N5O7P3/c1-4-5-15(18(32)20(34)27-9-17(31)37-3)28-19(33)16-11-29(10-12-6-7-13(24)14(25)8-12)23(36)30(16)22(35)21(26-2)40(38)39/h6-8,15-16,21,26H,4-5,9-11,38-39H2,1-3H3,(H,27,34)(H,28,33). The van der Waals surface area contributed by atoms with Crippen molar-refractivity contribution >= 4 is 83.9 Å². The molecule has 2 rings (SSSR count). The largest absolute Gasteiger partial charge is 0.468 e. The number of ether oxygens (including phenoxy) is 1. The number of amides is 5. The summed E-state index contributed by atoms with van der Waals surface area (Å²) in [4.78, 5) is 79.1. The average molecular weight is 654 g/mol. The predicted molar refractivity (Wildman–Crippen MR) is 159 cm³/mol. The van der Waals surface area contributed by atoms with E-state index in [0.717, 1.165) is 12.0 Å². The molecule has 40 heavy (non-hydrogen) atoms. The van der Waals surface area contributed by atoms with E-state index in [4.69, 9.17) is 23.2 Å². The molecule has 1 fully saturated rings. The van der Waals surface area contributed by atoms with Gasteiger partial charge in [0.1, 0.15) is 18.4 Å². The van der Waals surface area contributed by atoms with Gasteiger partial charge in [-0.15, -0.1) is 17.9 Å². The summed E-state index contributed by atoms with van der Waals surface area (Å²) in [6.45, 7) is 1.11. The van der Waals surface area contributed by atoms with Crippen molar-refractivity contribution in [1.29, 1.82) is 0 Å². The fraction of sp³-hybridized carbons (Fsp3) is 0.478. The zero-order chi connectivity index (χ0) is 30.1. The van der Waals surface area contributed by atoms with Gasteiger partial charge in [-0.05, 0) is 38.5 Å². The lowest BCUT2D eigenvalue weighted by molar-refractivity contribution is -0.144. The number of methoxy groups -OCH3 is 1. The molecule has 0 spiro atoms. The van der Waals surface area contributed by atoms with Gasteiger partial charge in [0.25, 0.3) is 11.8 Å². The molecule has 5 unspecified atom stereocenters. The maximum Gasteiger partial charge on any atom is 0.327 e. The number of hydrogen-bond donors (Lipinski definition) is 3. The molecule has 0 saturated carbocycles. The third kappa shape index (κ3) is 8.78. The molecule has 0 aromatic heterocycles. The summed E-state index contributed by atoms with van der Waals surface area (Å²) in [6.07, 6.45) is 0.544. The second kappa shape index (κ2) is 15.9. The first-order valence-electron chi connectivity index (χ1n) is 12.1. The number of likely N-dealkylation sites (N-methyl/N-ethyl adjacent to an activating group) is 1. The number of urea groups is 1. The van der Waals surface area contributed by atoms with E-state index in [2.05, 4.69) is 38.5 Å². The number of imide groups is 1. The first kappa shape index (κ1) is 34.3. The summed E-state index contributed by atoms with van der Waals surface area (Å²) in [5.74, 6) is -4.97. The quantitative estimate of drug-likeness (QED) is 0.166. The topological polar surface area (TPSA) is 154 Å². The van der Waals surface area contributed by atoms with Gasteiger partial charge in [-0.25, -0.2) is 9.69 Å². The van der Waals surface area contributed by atoms with E-state index in [0.29, 0.717) is 17.0 Å². The van der Waals surface area contributed by atoms with Crippen LogP contribution in [0, 0.1) is 0 Å². The van der Waals surface area contributed by atoms with Crippen LogP contribution < -0.4 is 16.0 Å². The Morgan fingerprint density at radius 3 is 2.40 bits per heavy atom. The highest BCUT2D eigenvalue weighted by molar-refractivity contribution is 8.43. The molecule has 1 saturated heterocycles. The van der Waals surface area contributed by atoms with Gasteiger partial charge in [0.2, 0.25) is 11.7 Å². The van der Waals surface area contributed by atoms with Crippen LogP contribution in [-0.4, -0.2) is 90.4 Å². The highest BCUT2D eigenvalue weighted by Crippen LogP contribution is 2.56. The molecule has 0 bridgehead atoms. The first-order chi connectivity index (χ1) is 18.9. The zero-order valence-electron chi connectivity index (χ0n) is 22.1. The summed E-state index contributed by atoms with van der Waals surface area (Å²) in [7, 11) is 6.68. The normalized spacial score (nSPS) is 16.5. The van der Waals surface area contributed by atoms with Gasteiger partial charge in [0.05, 0.1) is 29.7 Å². The molecular formula is C23H32Cl2N5O7P3. The van der Waals surface area contributed by atoms with Gasteiger partial charge >= 0.3 is 12.0 Å². The molecular weight excluding hydrogens is 622 g/mol. The van der Waals surface area contributed by atoms with Crippen molar-refractivity contribution in [3.05, 3.63) is 33.8 Å². The highest BCUT2D eigenvalue weighted by atomic mass is 35.5. The molecule has 1 aromatic rings. The number of nitrogens with zero attached hydrogens (tertiary/aromatic N) is 2. The average Bonchev–Trinajstić information content (AvgIpc) is 3.24. The van der Waals surface area contributed by atoms with Crippen LogP contribution in [-0.2, 0) is 35.3 Å². The zero-order valence-corrected chi connectivity index (χ0v) is 26.8. The van der Waals surface area contributed by atoms with E-state index in [1.54, 1.807) is 32.2 Å². The first-order valence-corrected chi connectivity index (χ1v) is 17.5. The van der Waals surface area contributed by atoms with E-state index in [9.17, 15) is 28.8 Å². The summed E-state index contributed by atoms with van der Waals surface area (Å²) in [5, 5.41) is 8.18. The van der Waals surface area contributed by atoms with E-state index >= 15 is 0 Å². The van der Waals surface area contributed by atoms with Crippen molar-refractivity contribution in [2.75, 3.05) is 27.2 Å². The van der Waals surface area contributed by atoms with Crippen LogP contribution in [0.25, 0.3) is 0 Å². The van der Waals surface area contributed by atoms with Gasteiger partial charge in [0, 0.05) is 6.54 Å². The molecule has 17 heteroatoms. The van der Waals surface area contributed by atoms with Crippen LogP contribution in [0.15, 0.2) is 18.2 Å². The lowest BCUT2D eigenvalue weighted by Crippen LogP contribution is -2.56. The Kier molecular flexibility index (Phi) is 13.6. The molecule has 1 aromatic carbocycles. The molecule has 12 nitrogen and oxygen atoms in total. The Bertz CT molecular complexity index is 1160. The molecule has 5 amide bonds. The SMILES string of the molecule is CCCC(NC(=O)C1CN(Cc2ccc(Cl)c(Cl)c2)C(=O)N1C(=O)C(NC)P(P)P)C(=O)C(=O)NCC(=O)OC. The summed E-state index contributed by atoms with van der Waals surface area (Å²) < 4.78 is 4.45. The molecule has 0 radical (unpaired) electrons. The fourth-order valence-corrected chi connectivity index (χ4v) is 6.58. The summed E-state index contributed by atoms with van der Waals surface area (Å²) in [5.41, 5.74) is 0.627. The number of Topliss-reactive ketones (excluding diaryl/α,β-unsaturated/α-hetero) is 1. The Morgan fingerprint density at radius 1 is 1.18 bits per heavy atom. The molecule has 1 aliphatic heterocycles. The highest BCUT2D eigenvalue weighted by Gasteiger charge is 2.47. The van der Waals surface area contributed by atoms with Gasteiger partial charge in [-0.1, -0.05) is 42.6 Å². The van der Waals surface area contributed by atoms with Crippen molar-refractivity contribution in [2.24, 2.45) is 0 Å². The number of carbonyl (C=O) groups excluding carboxylic acids is 6. The van der Waals surface area contributed by atoms with Crippen LogP contribution in [0.1, 0.15) is 25.3 Å². The number of benzene rings is 1. The van der Waals surface area contributed by atoms with Crippen LogP contribution in [0.3, 0.4) is 0 Å². The van der Waals surface area contributed by atoms with Gasteiger partial charge in [-0.3, -0.25) is 24.0 Å². The Labute approximate surface area is 247 Å². The van der Waals surface area contributed by atoms with Crippen LogP contribution in [0.2, 0.25) is 10.0 Å². The third-order valence-electron chi connectivity index (χ3n) is 5.94. The van der Waals surface area contributed by atoms with Crippen molar-refractivity contribution < 1.29 is 33.5 Å². The number of esters is 1. The van der Waals surface area contributed by atoms with E-state index in [-0.39, 0.29) is 24.5 Å². The minimum absolute atomic E-state index is 0.0390. The van der Waals surface area contributed by atoms with E-state index in [1.807, 2.05) is 0 Å². The lowest BCUT2D eigenvalue weighted by atomic mass is 10.1. The van der Waals surface area contributed by atoms with Gasteiger partial charge < -0.3 is 25.6 Å². The van der Waals surface area contributed by atoms with E-state index < -0.39 is 67.2 Å². The molecule has 1 heterocycles. The Balaban J connectivity index is 2.33. The number of rotatable bonds is 13. The second-order valence-corrected chi connectivity index (χ2v) is 16.3. The number of carbonyl (C=O) groups is 6. The van der Waals surface area contributed by atoms with Crippen molar-refractivity contribution in [3.8, 4) is 0 Å². The van der Waals surface area contributed by atoms with Crippen molar-refractivity contribution in [1.82, 2.24) is 25.8 Å². The molecule has 1 aliphatic rings. The fourth-order valence-electron chi connectivity index (χ4n) is 3.92. The van der Waals surface area contributed by atoms with Crippen LogP contribution >= 0.6 is 48.4 Å². The molecule has 220 valence electrons. The van der Waals surface area contributed by atoms with Gasteiger partial charge in [-0.2, -0.15) is 0 Å².